The van der Waals surface area contributed by atoms with E-state index in [0.29, 0.717) is 18.0 Å². The van der Waals surface area contributed by atoms with Gasteiger partial charge in [0.1, 0.15) is 5.82 Å². The molecule has 2 heterocycles. The Hall–Kier alpha value is -1.89. The third kappa shape index (κ3) is 2.03. The maximum Gasteiger partial charge on any atom is 0.224 e. The molecule has 7 nitrogen and oxygen atoms in total. The Morgan fingerprint density at radius 2 is 2.38 bits per heavy atom. The summed E-state index contributed by atoms with van der Waals surface area (Å²) in [5.41, 5.74) is 6.17. The predicted octanol–water partition coefficient (Wildman–Crippen LogP) is -0.0246. The molecule has 0 aromatic carbocycles. The van der Waals surface area contributed by atoms with Crippen LogP contribution < -0.4 is 11.1 Å². The van der Waals surface area contributed by atoms with Crippen LogP contribution in [0.15, 0.2) is 6.20 Å². The number of H-pyrrole nitrogens is 1. The number of rotatable bonds is 4. The van der Waals surface area contributed by atoms with Crippen molar-refractivity contribution < 1.29 is 5.11 Å². The van der Waals surface area contributed by atoms with Crippen molar-refractivity contribution in [2.75, 3.05) is 24.2 Å². The van der Waals surface area contributed by atoms with Gasteiger partial charge < -0.3 is 16.2 Å². The van der Waals surface area contributed by atoms with Gasteiger partial charge in [-0.05, 0) is 5.92 Å². The Labute approximate surface area is 92.1 Å². The van der Waals surface area contributed by atoms with Crippen molar-refractivity contribution in [2.45, 2.75) is 6.92 Å². The van der Waals surface area contributed by atoms with E-state index < -0.39 is 0 Å². The van der Waals surface area contributed by atoms with E-state index in [1.165, 1.54) is 0 Å². The fourth-order valence-electron chi connectivity index (χ4n) is 1.32. The molecule has 1 atom stereocenters. The van der Waals surface area contributed by atoms with Gasteiger partial charge in [-0.15, -0.1) is 0 Å². The predicted molar refractivity (Wildman–Crippen MR) is 60.8 cm³/mol. The number of aromatic amines is 1. The lowest BCUT2D eigenvalue weighted by atomic mass is 10.2. The van der Waals surface area contributed by atoms with E-state index >= 15 is 0 Å². The van der Waals surface area contributed by atoms with E-state index in [4.69, 9.17) is 10.8 Å². The molecule has 0 aliphatic heterocycles. The molecule has 2 aromatic heterocycles. The second-order valence-corrected chi connectivity index (χ2v) is 3.73. The minimum absolute atomic E-state index is 0.127. The zero-order valence-electron chi connectivity index (χ0n) is 8.94. The van der Waals surface area contributed by atoms with E-state index in [2.05, 4.69) is 25.5 Å². The maximum absolute atomic E-state index is 8.92. The van der Waals surface area contributed by atoms with Crippen LogP contribution in [0.4, 0.5) is 11.8 Å². The highest BCUT2D eigenvalue weighted by atomic mass is 16.3. The molecule has 1 unspecified atom stereocenters. The summed E-state index contributed by atoms with van der Waals surface area (Å²) < 4.78 is 0. The molecule has 2 aromatic rings. The van der Waals surface area contributed by atoms with Gasteiger partial charge in [-0.3, -0.25) is 5.10 Å². The lowest BCUT2D eigenvalue weighted by Crippen LogP contribution is -2.15. The van der Waals surface area contributed by atoms with Gasteiger partial charge in [0, 0.05) is 13.2 Å². The van der Waals surface area contributed by atoms with E-state index in [1.54, 1.807) is 6.20 Å². The van der Waals surface area contributed by atoms with Crippen molar-refractivity contribution in [3.63, 3.8) is 0 Å². The molecule has 0 aliphatic rings. The van der Waals surface area contributed by atoms with Crippen molar-refractivity contribution in [1.29, 1.82) is 0 Å². The average molecular weight is 222 g/mol. The van der Waals surface area contributed by atoms with Crippen molar-refractivity contribution in [3.8, 4) is 0 Å². The fourth-order valence-corrected chi connectivity index (χ4v) is 1.32. The number of aromatic nitrogens is 4. The summed E-state index contributed by atoms with van der Waals surface area (Å²) in [4.78, 5) is 8.10. The third-order valence-electron chi connectivity index (χ3n) is 2.26. The summed E-state index contributed by atoms with van der Waals surface area (Å²) in [5, 5.41) is 19.4. The molecule has 5 N–H and O–H groups in total. The number of fused-ring (bicyclic) bond motifs is 1. The highest BCUT2D eigenvalue weighted by Crippen LogP contribution is 2.18. The number of nitrogen functional groups attached to an aromatic ring is 1. The number of nitrogens with one attached hydrogen (secondary N) is 2. The number of nitrogens with zero attached hydrogens (tertiary/aromatic N) is 3. The summed E-state index contributed by atoms with van der Waals surface area (Å²) >= 11 is 0. The summed E-state index contributed by atoms with van der Waals surface area (Å²) in [6.45, 7) is 2.68. The third-order valence-corrected chi connectivity index (χ3v) is 2.26. The lowest BCUT2D eigenvalue weighted by molar-refractivity contribution is 0.244. The van der Waals surface area contributed by atoms with Gasteiger partial charge in [-0.1, -0.05) is 6.92 Å². The van der Waals surface area contributed by atoms with E-state index in [0.717, 1.165) is 5.39 Å². The quantitative estimate of drug-likeness (QED) is 0.578. The molecule has 0 saturated heterocycles. The molecule has 0 saturated carbocycles. The molecular weight excluding hydrogens is 208 g/mol. The van der Waals surface area contributed by atoms with Crippen LogP contribution in [0.3, 0.4) is 0 Å². The second kappa shape index (κ2) is 4.31. The minimum Gasteiger partial charge on any atom is -0.396 e. The highest BCUT2D eigenvalue weighted by molar-refractivity contribution is 5.86. The van der Waals surface area contributed by atoms with E-state index in [-0.39, 0.29) is 18.5 Å². The van der Waals surface area contributed by atoms with Crippen LogP contribution >= 0.6 is 0 Å². The molecule has 16 heavy (non-hydrogen) atoms. The Kier molecular flexibility index (Phi) is 2.86. The van der Waals surface area contributed by atoms with E-state index in [9.17, 15) is 0 Å². The van der Waals surface area contributed by atoms with Crippen LogP contribution in [-0.2, 0) is 0 Å². The number of aliphatic hydroxyl groups is 1. The normalized spacial score (nSPS) is 12.9. The Morgan fingerprint density at radius 1 is 1.56 bits per heavy atom. The van der Waals surface area contributed by atoms with Crippen molar-refractivity contribution in [1.82, 2.24) is 20.2 Å². The topological polar surface area (TPSA) is 113 Å². The van der Waals surface area contributed by atoms with Gasteiger partial charge in [0.15, 0.2) is 5.65 Å². The van der Waals surface area contributed by atoms with Crippen molar-refractivity contribution in [2.24, 2.45) is 5.92 Å². The number of hydrogen-bond donors (Lipinski definition) is 4. The van der Waals surface area contributed by atoms with Crippen LogP contribution in [0.1, 0.15) is 6.92 Å². The van der Waals surface area contributed by atoms with Gasteiger partial charge in [-0.2, -0.15) is 15.1 Å². The molecule has 0 amide bonds. The zero-order chi connectivity index (χ0) is 11.5. The largest absolute Gasteiger partial charge is 0.396 e. The first kappa shape index (κ1) is 10.6. The second-order valence-electron chi connectivity index (χ2n) is 3.73. The van der Waals surface area contributed by atoms with E-state index in [1.807, 2.05) is 6.92 Å². The number of nitrogens with two attached hydrogens (primary N) is 1. The van der Waals surface area contributed by atoms with Gasteiger partial charge >= 0.3 is 0 Å². The van der Waals surface area contributed by atoms with Crippen molar-refractivity contribution in [3.05, 3.63) is 6.20 Å². The molecular formula is C9H14N6O. The first-order valence-corrected chi connectivity index (χ1v) is 5.02. The number of hydrogen-bond acceptors (Lipinski definition) is 6. The van der Waals surface area contributed by atoms with Gasteiger partial charge in [0.2, 0.25) is 5.95 Å². The van der Waals surface area contributed by atoms with Crippen LogP contribution in [0.5, 0.6) is 0 Å². The maximum atomic E-state index is 8.92. The zero-order valence-corrected chi connectivity index (χ0v) is 8.94. The van der Waals surface area contributed by atoms with Crippen LogP contribution in [-0.4, -0.2) is 38.4 Å². The molecule has 0 aliphatic carbocycles. The summed E-state index contributed by atoms with van der Waals surface area (Å²) in [6, 6.07) is 0. The molecule has 7 heteroatoms. The lowest BCUT2D eigenvalue weighted by Gasteiger charge is -2.10. The molecule has 86 valence electrons. The fraction of sp³-hybridized carbons (Fsp3) is 0.444. The SMILES string of the molecule is CC(CO)CNc1nc(N)nc2[nH]ncc12. The molecule has 0 bridgehead atoms. The molecule has 0 fully saturated rings. The highest BCUT2D eigenvalue weighted by Gasteiger charge is 2.08. The monoisotopic (exact) mass is 222 g/mol. The molecule has 0 radical (unpaired) electrons. The van der Waals surface area contributed by atoms with Gasteiger partial charge in [-0.25, -0.2) is 0 Å². The number of aliphatic hydroxyl groups excluding tert-OH is 1. The molecule has 0 spiro atoms. The average Bonchev–Trinajstić information content (AvgIpc) is 2.73. The first-order chi connectivity index (χ1) is 7.70. The van der Waals surface area contributed by atoms with Crippen LogP contribution in [0.25, 0.3) is 11.0 Å². The minimum atomic E-state index is 0.127. The summed E-state index contributed by atoms with van der Waals surface area (Å²) in [7, 11) is 0. The first-order valence-electron chi connectivity index (χ1n) is 5.02. The van der Waals surface area contributed by atoms with Gasteiger partial charge in [0.05, 0.1) is 11.6 Å². The molecule has 2 rings (SSSR count). The van der Waals surface area contributed by atoms with Crippen LogP contribution in [0.2, 0.25) is 0 Å². The van der Waals surface area contributed by atoms with Crippen molar-refractivity contribution >= 4 is 22.8 Å². The smallest absolute Gasteiger partial charge is 0.224 e. The standard InChI is InChI=1S/C9H14N6O/c1-5(4-16)2-11-7-6-3-12-15-8(6)14-9(10)13-7/h3,5,16H,2,4H2,1H3,(H4,10,11,12,13,14,15). The number of anilines is 2. The Morgan fingerprint density at radius 3 is 3.12 bits per heavy atom. The Balaban J connectivity index is 2.25. The Bertz CT molecular complexity index is 482. The summed E-state index contributed by atoms with van der Waals surface area (Å²) in [6.07, 6.45) is 1.64. The van der Waals surface area contributed by atoms with Gasteiger partial charge in [0.25, 0.3) is 0 Å². The van der Waals surface area contributed by atoms with Crippen LogP contribution in [0, 0.1) is 5.92 Å². The summed E-state index contributed by atoms with van der Waals surface area (Å²) in [5.74, 6) is 0.977.